The molecule has 0 saturated heterocycles. The standard InChI is InChI=1S/C7H6N2S/c1-3-8-9-5-6-2-4-10-7(1)6/h1-3,5H,4H2. The van der Waals surface area contributed by atoms with Crippen molar-refractivity contribution in [3.05, 3.63) is 22.6 Å². The molecular weight excluding hydrogens is 144 g/mol. The molecule has 0 unspecified atom stereocenters. The van der Waals surface area contributed by atoms with Crippen molar-refractivity contribution in [3.8, 4) is 0 Å². The first-order valence-corrected chi connectivity index (χ1v) is 4.05. The van der Waals surface area contributed by atoms with Gasteiger partial charge in [-0.2, -0.15) is 10.2 Å². The van der Waals surface area contributed by atoms with E-state index in [1.54, 1.807) is 12.4 Å². The summed E-state index contributed by atoms with van der Waals surface area (Å²) in [5.41, 5.74) is 1.21. The third kappa shape index (κ3) is 0.926. The van der Waals surface area contributed by atoms with Crippen molar-refractivity contribution in [3.63, 3.8) is 0 Å². The molecule has 2 heterocycles. The van der Waals surface area contributed by atoms with Crippen LogP contribution in [0.4, 0.5) is 0 Å². The van der Waals surface area contributed by atoms with Crippen molar-refractivity contribution >= 4 is 24.2 Å². The van der Waals surface area contributed by atoms with Crippen LogP contribution in [0.5, 0.6) is 0 Å². The number of thioether (sulfide) groups is 1. The summed E-state index contributed by atoms with van der Waals surface area (Å²) < 4.78 is 0. The lowest BCUT2D eigenvalue weighted by Crippen LogP contribution is -1.78. The summed E-state index contributed by atoms with van der Waals surface area (Å²) >= 11 is 1.83. The fourth-order valence-electron chi connectivity index (χ4n) is 0.901. The number of fused-ring (bicyclic) bond motifs is 1. The van der Waals surface area contributed by atoms with Gasteiger partial charge in [0, 0.05) is 16.2 Å². The molecule has 0 radical (unpaired) electrons. The van der Waals surface area contributed by atoms with Gasteiger partial charge in [-0.1, -0.05) is 6.08 Å². The number of allylic oxidation sites excluding steroid dienone is 2. The van der Waals surface area contributed by atoms with Crippen LogP contribution in [-0.2, 0) is 0 Å². The second kappa shape index (κ2) is 2.42. The summed E-state index contributed by atoms with van der Waals surface area (Å²) in [4.78, 5) is 1.28. The average Bonchev–Trinajstić information content (AvgIpc) is 2.28. The molecule has 0 bridgehead atoms. The molecule has 0 N–H and O–H groups in total. The predicted molar refractivity (Wildman–Crippen MR) is 45.6 cm³/mol. The summed E-state index contributed by atoms with van der Waals surface area (Å²) in [6, 6.07) is 0. The van der Waals surface area contributed by atoms with Crippen molar-refractivity contribution in [1.82, 2.24) is 0 Å². The van der Waals surface area contributed by atoms with E-state index in [1.807, 2.05) is 17.8 Å². The Morgan fingerprint density at radius 2 is 2.40 bits per heavy atom. The van der Waals surface area contributed by atoms with Gasteiger partial charge in [-0.3, -0.25) is 0 Å². The van der Waals surface area contributed by atoms with E-state index >= 15 is 0 Å². The maximum atomic E-state index is 3.82. The van der Waals surface area contributed by atoms with Crippen LogP contribution in [0.3, 0.4) is 0 Å². The van der Waals surface area contributed by atoms with Crippen LogP contribution >= 0.6 is 11.8 Å². The summed E-state index contributed by atoms with van der Waals surface area (Å²) in [5.74, 6) is 1.07. The van der Waals surface area contributed by atoms with Gasteiger partial charge in [0.05, 0.1) is 12.4 Å². The average molecular weight is 150 g/mol. The predicted octanol–water partition coefficient (Wildman–Crippen LogP) is 1.61. The minimum absolute atomic E-state index is 1.07. The first-order chi connectivity index (χ1) is 4.97. The Balaban J connectivity index is 2.42. The molecule has 0 aliphatic carbocycles. The molecule has 2 nitrogen and oxygen atoms in total. The van der Waals surface area contributed by atoms with Crippen LogP contribution in [-0.4, -0.2) is 18.2 Å². The first-order valence-electron chi connectivity index (χ1n) is 3.07. The van der Waals surface area contributed by atoms with E-state index in [4.69, 9.17) is 0 Å². The minimum atomic E-state index is 1.07. The SMILES string of the molecule is C1=NN=CC2=CCSC2=C1. The van der Waals surface area contributed by atoms with E-state index in [0.717, 1.165) is 5.75 Å². The molecule has 0 aromatic carbocycles. The number of hydrogen-bond donors (Lipinski definition) is 0. The van der Waals surface area contributed by atoms with E-state index in [2.05, 4.69) is 16.3 Å². The van der Waals surface area contributed by atoms with Crippen LogP contribution in [0, 0.1) is 0 Å². The van der Waals surface area contributed by atoms with Crippen molar-refractivity contribution in [2.24, 2.45) is 10.2 Å². The molecule has 2 rings (SSSR count). The fourth-order valence-corrected chi connectivity index (χ4v) is 1.80. The van der Waals surface area contributed by atoms with Crippen LogP contribution in [0.25, 0.3) is 0 Å². The topological polar surface area (TPSA) is 24.7 Å². The van der Waals surface area contributed by atoms with Crippen LogP contribution < -0.4 is 0 Å². The van der Waals surface area contributed by atoms with E-state index in [1.165, 1.54) is 10.5 Å². The van der Waals surface area contributed by atoms with Crippen molar-refractivity contribution < 1.29 is 0 Å². The van der Waals surface area contributed by atoms with Gasteiger partial charge in [-0.15, -0.1) is 11.8 Å². The molecule has 0 aromatic heterocycles. The molecule has 2 aliphatic heterocycles. The Hall–Kier alpha value is -0.830. The van der Waals surface area contributed by atoms with Crippen LogP contribution in [0.2, 0.25) is 0 Å². The van der Waals surface area contributed by atoms with Crippen LogP contribution in [0.15, 0.2) is 32.8 Å². The maximum Gasteiger partial charge on any atom is 0.0576 e. The number of hydrogen-bond acceptors (Lipinski definition) is 3. The molecular formula is C7H6N2S. The number of rotatable bonds is 0. The Morgan fingerprint density at radius 3 is 3.40 bits per heavy atom. The molecule has 50 valence electrons. The van der Waals surface area contributed by atoms with E-state index in [-0.39, 0.29) is 0 Å². The summed E-state index contributed by atoms with van der Waals surface area (Å²) in [7, 11) is 0. The zero-order chi connectivity index (χ0) is 6.81. The Labute approximate surface area is 63.4 Å². The van der Waals surface area contributed by atoms with Gasteiger partial charge in [0.1, 0.15) is 0 Å². The Kier molecular flexibility index (Phi) is 1.43. The highest BCUT2D eigenvalue weighted by atomic mass is 32.2. The van der Waals surface area contributed by atoms with E-state index in [0.29, 0.717) is 0 Å². The molecule has 0 aromatic rings. The van der Waals surface area contributed by atoms with Crippen molar-refractivity contribution in [2.75, 3.05) is 5.75 Å². The smallest absolute Gasteiger partial charge is 0.0576 e. The fraction of sp³-hybridized carbons (Fsp3) is 0.143. The summed E-state index contributed by atoms with van der Waals surface area (Å²) in [6.45, 7) is 0. The second-order valence-electron chi connectivity index (χ2n) is 2.01. The molecule has 2 aliphatic rings. The highest BCUT2D eigenvalue weighted by molar-refractivity contribution is 8.03. The van der Waals surface area contributed by atoms with Crippen LogP contribution in [0.1, 0.15) is 0 Å². The van der Waals surface area contributed by atoms with Crippen molar-refractivity contribution in [1.29, 1.82) is 0 Å². The molecule has 0 spiro atoms. The highest BCUT2D eigenvalue weighted by Gasteiger charge is 2.09. The monoisotopic (exact) mass is 150 g/mol. The molecule has 3 heteroatoms. The lowest BCUT2D eigenvalue weighted by atomic mass is 10.2. The maximum absolute atomic E-state index is 3.82. The van der Waals surface area contributed by atoms with E-state index < -0.39 is 0 Å². The second-order valence-corrected chi connectivity index (χ2v) is 3.07. The van der Waals surface area contributed by atoms with Gasteiger partial charge in [0.25, 0.3) is 0 Å². The first kappa shape index (κ1) is 5.92. The summed E-state index contributed by atoms with van der Waals surface area (Å²) in [6.07, 6.45) is 7.69. The van der Waals surface area contributed by atoms with Gasteiger partial charge in [0.15, 0.2) is 0 Å². The molecule has 0 atom stereocenters. The van der Waals surface area contributed by atoms with Gasteiger partial charge in [-0.05, 0) is 6.08 Å². The van der Waals surface area contributed by atoms with E-state index in [9.17, 15) is 0 Å². The molecule has 0 saturated carbocycles. The minimum Gasteiger partial charge on any atom is -0.159 e. The van der Waals surface area contributed by atoms with Crippen molar-refractivity contribution in [2.45, 2.75) is 0 Å². The van der Waals surface area contributed by atoms with Gasteiger partial charge >= 0.3 is 0 Å². The lowest BCUT2D eigenvalue weighted by molar-refractivity contribution is 1.27. The Morgan fingerprint density at radius 1 is 1.40 bits per heavy atom. The quantitative estimate of drug-likeness (QED) is 0.515. The number of nitrogens with zero attached hydrogens (tertiary/aromatic N) is 2. The zero-order valence-electron chi connectivity index (χ0n) is 5.32. The third-order valence-corrected chi connectivity index (χ3v) is 2.40. The zero-order valence-corrected chi connectivity index (χ0v) is 6.14. The molecule has 10 heavy (non-hydrogen) atoms. The largest absolute Gasteiger partial charge is 0.159 e. The van der Waals surface area contributed by atoms with Gasteiger partial charge in [0.2, 0.25) is 0 Å². The normalized spacial score (nSPS) is 21.6. The molecule has 0 fully saturated rings. The third-order valence-electron chi connectivity index (χ3n) is 1.38. The Bertz CT molecular complexity index is 261. The highest BCUT2D eigenvalue weighted by Crippen LogP contribution is 2.29. The summed E-state index contributed by atoms with van der Waals surface area (Å²) in [5, 5.41) is 7.59. The van der Waals surface area contributed by atoms with Gasteiger partial charge < -0.3 is 0 Å². The van der Waals surface area contributed by atoms with Gasteiger partial charge in [-0.25, -0.2) is 0 Å². The molecule has 0 amide bonds. The lowest BCUT2D eigenvalue weighted by Gasteiger charge is -1.91.